The maximum absolute atomic E-state index is 12.4. The van der Waals surface area contributed by atoms with Crippen molar-refractivity contribution in [3.63, 3.8) is 0 Å². The largest absolute Gasteiger partial charge is 0.507 e. The highest BCUT2D eigenvalue weighted by Gasteiger charge is 2.23. The highest BCUT2D eigenvalue weighted by atomic mass is 16.5. The van der Waals surface area contributed by atoms with Crippen molar-refractivity contribution in [1.29, 1.82) is 0 Å². The average Bonchev–Trinajstić information content (AvgIpc) is 2.59. The minimum Gasteiger partial charge on any atom is -0.507 e. The van der Waals surface area contributed by atoms with Gasteiger partial charge in [-0.25, -0.2) is 4.79 Å². The average molecular weight is 362 g/mol. The van der Waals surface area contributed by atoms with Gasteiger partial charge in [0.25, 0.3) is 0 Å². The van der Waals surface area contributed by atoms with Gasteiger partial charge in [0, 0.05) is 12.5 Å². The summed E-state index contributed by atoms with van der Waals surface area (Å²) in [6.45, 7) is 1.64. The van der Waals surface area contributed by atoms with Crippen LogP contribution in [0.5, 0.6) is 11.5 Å². The molecular formula is C19H22O7. The lowest BCUT2D eigenvalue weighted by Crippen LogP contribution is -2.32. The summed E-state index contributed by atoms with van der Waals surface area (Å²) in [6.07, 6.45) is 2.42. The Hall–Kier alpha value is -2.64. The first-order valence-corrected chi connectivity index (χ1v) is 8.18. The van der Waals surface area contributed by atoms with Crippen LogP contribution in [0.3, 0.4) is 0 Å². The summed E-state index contributed by atoms with van der Waals surface area (Å²) in [7, 11) is 1.42. The smallest absolute Gasteiger partial charge is 0.342 e. The minimum atomic E-state index is -1.55. The Morgan fingerprint density at radius 1 is 1.12 bits per heavy atom. The molecule has 1 aromatic rings. The van der Waals surface area contributed by atoms with Crippen LogP contribution in [0.2, 0.25) is 0 Å². The van der Waals surface area contributed by atoms with Gasteiger partial charge in [0.2, 0.25) is 0 Å². The van der Waals surface area contributed by atoms with Gasteiger partial charge < -0.3 is 24.8 Å². The van der Waals surface area contributed by atoms with Gasteiger partial charge in [-0.05, 0) is 31.1 Å². The monoisotopic (exact) mass is 362 g/mol. The first-order valence-electron chi connectivity index (χ1n) is 8.18. The molecule has 1 aliphatic rings. The van der Waals surface area contributed by atoms with Gasteiger partial charge in [-0.15, -0.1) is 0 Å². The highest BCUT2D eigenvalue weighted by Crippen LogP contribution is 2.30. The quantitative estimate of drug-likeness (QED) is 0.650. The normalized spacial score (nSPS) is 25.8. The van der Waals surface area contributed by atoms with E-state index in [4.69, 9.17) is 9.47 Å². The van der Waals surface area contributed by atoms with Crippen LogP contribution in [-0.2, 0) is 9.53 Å². The summed E-state index contributed by atoms with van der Waals surface area (Å²) < 4.78 is 10.4. The molecule has 0 amide bonds. The number of ketones is 1. The van der Waals surface area contributed by atoms with Crippen LogP contribution in [-0.4, -0.2) is 52.5 Å². The number of hydrogen-bond acceptors (Lipinski definition) is 7. The Balaban J connectivity index is 2.45. The van der Waals surface area contributed by atoms with E-state index in [9.17, 15) is 24.9 Å². The number of cyclic esters (lactones) is 1. The summed E-state index contributed by atoms with van der Waals surface area (Å²) in [5, 5.41) is 30.0. The maximum Gasteiger partial charge on any atom is 0.342 e. The highest BCUT2D eigenvalue weighted by molar-refractivity contribution is 5.97. The molecule has 0 saturated heterocycles. The topological polar surface area (TPSA) is 113 Å². The second kappa shape index (κ2) is 8.64. The maximum atomic E-state index is 12.4. The van der Waals surface area contributed by atoms with Crippen LogP contribution in [0.4, 0.5) is 0 Å². The van der Waals surface area contributed by atoms with E-state index in [0.29, 0.717) is 11.3 Å². The van der Waals surface area contributed by atoms with E-state index in [1.807, 2.05) is 0 Å². The standard InChI is InChI=1S/C19H22O7/c1-11-5-3-7-14(20)18(23)15(21)8-4-6-12-9-13(25-2)10-16(22)17(12)19(24)26-11/h3-4,6-7,9-11,15,18,21-23H,5,8H2,1-2H3/b6-4+,7-3?/t11-,15-,18+/m0/s1. The van der Waals surface area contributed by atoms with Crippen LogP contribution >= 0.6 is 0 Å². The number of aliphatic hydroxyl groups is 2. The van der Waals surface area contributed by atoms with E-state index in [1.54, 1.807) is 6.92 Å². The molecule has 2 rings (SSSR count). The number of aliphatic hydroxyl groups excluding tert-OH is 2. The first kappa shape index (κ1) is 19.7. The van der Waals surface area contributed by atoms with E-state index >= 15 is 0 Å². The second-order valence-electron chi connectivity index (χ2n) is 6.02. The molecule has 0 aromatic heterocycles. The number of benzene rings is 1. The third kappa shape index (κ3) is 4.71. The van der Waals surface area contributed by atoms with Gasteiger partial charge in [-0.3, -0.25) is 4.79 Å². The Bertz CT molecular complexity index is 736. The lowest BCUT2D eigenvalue weighted by atomic mass is 10.0. The Kier molecular flexibility index (Phi) is 6.54. The number of phenols is 1. The molecule has 140 valence electrons. The molecule has 1 aliphatic heterocycles. The summed E-state index contributed by atoms with van der Waals surface area (Å²) in [5.41, 5.74) is 0.306. The van der Waals surface area contributed by atoms with Crippen molar-refractivity contribution in [1.82, 2.24) is 0 Å². The molecule has 0 bridgehead atoms. The van der Waals surface area contributed by atoms with Crippen LogP contribution in [0.25, 0.3) is 6.08 Å². The third-order valence-electron chi connectivity index (χ3n) is 3.95. The molecule has 26 heavy (non-hydrogen) atoms. The summed E-state index contributed by atoms with van der Waals surface area (Å²) in [4.78, 5) is 24.3. The fraction of sp³-hybridized carbons (Fsp3) is 0.368. The number of methoxy groups -OCH3 is 1. The number of esters is 1. The molecule has 7 heteroatoms. The second-order valence-corrected chi connectivity index (χ2v) is 6.02. The van der Waals surface area contributed by atoms with Gasteiger partial charge in [0.15, 0.2) is 5.78 Å². The van der Waals surface area contributed by atoms with Gasteiger partial charge in [0.1, 0.15) is 29.3 Å². The van der Waals surface area contributed by atoms with Gasteiger partial charge in [-0.2, -0.15) is 0 Å². The summed E-state index contributed by atoms with van der Waals surface area (Å²) in [5.74, 6) is -1.29. The molecule has 0 aliphatic carbocycles. The SMILES string of the molecule is COc1cc(O)c2c(c1)/C=C/C[C@H](O)[C@H](O)C(=O)C=CC[C@H](C)OC2=O. The molecular weight excluding hydrogens is 340 g/mol. The molecule has 0 spiro atoms. The van der Waals surface area contributed by atoms with Crippen molar-refractivity contribution in [2.24, 2.45) is 0 Å². The zero-order valence-electron chi connectivity index (χ0n) is 14.6. The number of phenolic OH excluding ortho intramolecular Hbond substituents is 1. The van der Waals surface area contributed by atoms with Crippen molar-refractivity contribution in [2.45, 2.75) is 38.1 Å². The predicted molar refractivity (Wildman–Crippen MR) is 94.0 cm³/mol. The van der Waals surface area contributed by atoms with Crippen molar-refractivity contribution in [3.05, 3.63) is 41.5 Å². The van der Waals surface area contributed by atoms with Crippen molar-refractivity contribution in [3.8, 4) is 11.5 Å². The van der Waals surface area contributed by atoms with Crippen molar-refractivity contribution >= 4 is 17.8 Å². The Morgan fingerprint density at radius 3 is 2.50 bits per heavy atom. The van der Waals surface area contributed by atoms with E-state index in [-0.39, 0.29) is 24.2 Å². The minimum absolute atomic E-state index is 0.0242. The molecule has 3 atom stereocenters. The van der Waals surface area contributed by atoms with Gasteiger partial charge in [0.05, 0.1) is 13.2 Å². The van der Waals surface area contributed by atoms with Gasteiger partial charge >= 0.3 is 5.97 Å². The van der Waals surface area contributed by atoms with Crippen LogP contribution in [0.1, 0.15) is 35.7 Å². The number of rotatable bonds is 1. The number of carbonyl (C=O) groups excluding carboxylic acids is 2. The lowest BCUT2D eigenvalue weighted by molar-refractivity contribution is -0.127. The van der Waals surface area contributed by atoms with E-state index in [2.05, 4.69) is 0 Å². The van der Waals surface area contributed by atoms with E-state index in [1.165, 1.54) is 37.5 Å². The number of ether oxygens (including phenoxy) is 2. The van der Waals surface area contributed by atoms with E-state index in [0.717, 1.165) is 6.08 Å². The zero-order chi connectivity index (χ0) is 19.3. The molecule has 1 aromatic carbocycles. The molecule has 0 saturated carbocycles. The van der Waals surface area contributed by atoms with Crippen molar-refractivity contribution in [2.75, 3.05) is 7.11 Å². The molecule has 3 N–H and O–H groups in total. The molecule has 0 radical (unpaired) electrons. The number of hydrogen-bond donors (Lipinski definition) is 3. The third-order valence-corrected chi connectivity index (χ3v) is 3.95. The van der Waals surface area contributed by atoms with Crippen LogP contribution < -0.4 is 4.74 Å². The predicted octanol–water partition coefficient (Wildman–Crippen LogP) is 1.60. The summed E-state index contributed by atoms with van der Waals surface area (Å²) in [6, 6.07) is 2.84. The van der Waals surface area contributed by atoms with E-state index < -0.39 is 30.1 Å². The van der Waals surface area contributed by atoms with Crippen LogP contribution in [0, 0.1) is 0 Å². The zero-order valence-corrected chi connectivity index (χ0v) is 14.6. The molecule has 1 heterocycles. The molecule has 0 unspecified atom stereocenters. The number of aromatic hydroxyl groups is 1. The van der Waals surface area contributed by atoms with Crippen LogP contribution in [0.15, 0.2) is 30.4 Å². The Labute approximate surface area is 151 Å². The molecule has 0 fully saturated rings. The number of carbonyl (C=O) groups is 2. The molecule has 7 nitrogen and oxygen atoms in total. The fourth-order valence-corrected chi connectivity index (χ4v) is 2.51. The summed E-state index contributed by atoms with van der Waals surface area (Å²) >= 11 is 0. The first-order chi connectivity index (χ1) is 12.3. The van der Waals surface area contributed by atoms with Crippen molar-refractivity contribution < 1.29 is 34.4 Å². The fourth-order valence-electron chi connectivity index (χ4n) is 2.51. The number of fused-ring (bicyclic) bond motifs is 1. The van der Waals surface area contributed by atoms with Gasteiger partial charge in [-0.1, -0.05) is 18.2 Å². The lowest BCUT2D eigenvalue weighted by Gasteiger charge is -2.16. The Morgan fingerprint density at radius 2 is 1.81 bits per heavy atom.